The second kappa shape index (κ2) is 7.79. The Morgan fingerprint density at radius 1 is 1.43 bits per heavy atom. The smallest absolute Gasteiger partial charge is 0.320 e. The van der Waals surface area contributed by atoms with Crippen molar-refractivity contribution >= 4 is 27.8 Å². The van der Waals surface area contributed by atoms with E-state index >= 15 is 0 Å². The maximum atomic E-state index is 12.0. The highest BCUT2D eigenvalue weighted by Crippen LogP contribution is 2.19. The first-order valence-corrected chi connectivity index (χ1v) is 8.92. The number of nitrogens with two attached hydrogens (primary N) is 1. The SMILES string of the molecule is CN(C)S(=O)(=O)c1cccc(CSCCC(N)C(=O)O)c1. The zero-order chi connectivity index (χ0) is 16.0. The molecule has 1 aromatic rings. The third-order valence-electron chi connectivity index (χ3n) is 2.84. The highest BCUT2D eigenvalue weighted by atomic mass is 32.2. The lowest BCUT2D eigenvalue weighted by atomic mass is 10.2. The van der Waals surface area contributed by atoms with Crippen molar-refractivity contribution < 1.29 is 18.3 Å². The molecule has 0 aromatic heterocycles. The van der Waals surface area contributed by atoms with Crippen molar-refractivity contribution in [1.29, 1.82) is 0 Å². The number of nitrogens with zero attached hydrogens (tertiary/aromatic N) is 1. The van der Waals surface area contributed by atoms with Gasteiger partial charge in [-0.1, -0.05) is 12.1 Å². The van der Waals surface area contributed by atoms with E-state index in [0.717, 1.165) is 5.56 Å². The first-order valence-electron chi connectivity index (χ1n) is 6.32. The molecule has 1 rings (SSSR count). The van der Waals surface area contributed by atoms with Gasteiger partial charge in [0.2, 0.25) is 10.0 Å². The van der Waals surface area contributed by atoms with Crippen molar-refractivity contribution in [2.45, 2.75) is 23.1 Å². The summed E-state index contributed by atoms with van der Waals surface area (Å²) >= 11 is 1.53. The number of carboxylic acids is 1. The average Bonchev–Trinajstić information content (AvgIpc) is 2.43. The van der Waals surface area contributed by atoms with Crippen LogP contribution < -0.4 is 5.73 Å². The molecule has 8 heteroatoms. The van der Waals surface area contributed by atoms with Crippen LogP contribution in [0.4, 0.5) is 0 Å². The minimum absolute atomic E-state index is 0.257. The highest BCUT2D eigenvalue weighted by molar-refractivity contribution is 7.98. The van der Waals surface area contributed by atoms with E-state index in [1.807, 2.05) is 6.07 Å². The molecule has 118 valence electrons. The second-order valence-corrected chi connectivity index (χ2v) is 7.98. The maximum Gasteiger partial charge on any atom is 0.320 e. The lowest BCUT2D eigenvalue weighted by Crippen LogP contribution is -2.30. The van der Waals surface area contributed by atoms with Gasteiger partial charge in [-0.05, 0) is 29.9 Å². The van der Waals surface area contributed by atoms with Crippen LogP contribution in [0.3, 0.4) is 0 Å². The van der Waals surface area contributed by atoms with Crippen LogP contribution in [0.1, 0.15) is 12.0 Å². The van der Waals surface area contributed by atoms with Gasteiger partial charge in [-0.2, -0.15) is 11.8 Å². The molecule has 6 nitrogen and oxygen atoms in total. The Balaban J connectivity index is 2.60. The zero-order valence-corrected chi connectivity index (χ0v) is 13.7. The molecule has 0 aliphatic rings. The summed E-state index contributed by atoms with van der Waals surface area (Å²) in [6, 6.07) is 5.90. The van der Waals surface area contributed by atoms with Crippen LogP contribution in [0.25, 0.3) is 0 Å². The van der Waals surface area contributed by atoms with Crippen molar-refractivity contribution in [3.8, 4) is 0 Å². The number of carbonyl (C=O) groups is 1. The van der Waals surface area contributed by atoms with Gasteiger partial charge < -0.3 is 10.8 Å². The quantitative estimate of drug-likeness (QED) is 0.688. The number of aliphatic carboxylic acids is 1. The minimum atomic E-state index is -3.43. The molecule has 3 N–H and O–H groups in total. The fraction of sp³-hybridized carbons (Fsp3) is 0.462. The molecule has 1 atom stereocenters. The van der Waals surface area contributed by atoms with Crippen LogP contribution in [0, 0.1) is 0 Å². The molecular formula is C13H20N2O4S2. The number of hydrogen-bond acceptors (Lipinski definition) is 5. The van der Waals surface area contributed by atoms with Gasteiger partial charge in [-0.3, -0.25) is 4.79 Å². The van der Waals surface area contributed by atoms with Crippen LogP contribution in [0.15, 0.2) is 29.2 Å². The van der Waals surface area contributed by atoms with Crippen LogP contribution in [-0.2, 0) is 20.6 Å². The molecule has 0 fully saturated rings. The van der Waals surface area contributed by atoms with Crippen LogP contribution in [-0.4, -0.2) is 49.7 Å². The van der Waals surface area contributed by atoms with Crippen LogP contribution in [0.5, 0.6) is 0 Å². The molecule has 0 amide bonds. The van der Waals surface area contributed by atoms with E-state index in [1.165, 1.54) is 30.2 Å². The summed E-state index contributed by atoms with van der Waals surface area (Å²) in [4.78, 5) is 10.8. The number of benzene rings is 1. The zero-order valence-electron chi connectivity index (χ0n) is 12.0. The second-order valence-electron chi connectivity index (χ2n) is 4.72. The van der Waals surface area contributed by atoms with Crippen molar-refractivity contribution in [2.75, 3.05) is 19.8 Å². The van der Waals surface area contributed by atoms with Crippen LogP contribution >= 0.6 is 11.8 Å². The van der Waals surface area contributed by atoms with Gasteiger partial charge in [0.15, 0.2) is 0 Å². The summed E-state index contributed by atoms with van der Waals surface area (Å²) in [6.07, 6.45) is 0.385. The maximum absolute atomic E-state index is 12.0. The monoisotopic (exact) mass is 332 g/mol. The fourth-order valence-corrected chi connectivity index (χ4v) is 3.48. The number of sulfonamides is 1. The average molecular weight is 332 g/mol. The molecule has 1 aromatic carbocycles. The molecule has 0 bridgehead atoms. The first-order chi connectivity index (χ1) is 9.75. The molecule has 0 aliphatic carbocycles. The van der Waals surface area contributed by atoms with Gasteiger partial charge in [0.25, 0.3) is 0 Å². The first kappa shape index (κ1) is 18.0. The molecular weight excluding hydrogens is 312 g/mol. The van der Waals surface area contributed by atoms with E-state index in [1.54, 1.807) is 18.2 Å². The Morgan fingerprint density at radius 3 is 2.67 bits per heavy atom. The van der Waals surface area contributed by atoms with Crippen molar-refractivity contribution in [2.24, 2.45) is 5.73 Å². The van der Waals surface area contributed by atoms with E-state index < -0.39 is 22.0 Å². The van der Waals surface area contributed by atoms with Gasteiger partial charge in [0.1, 0.15) is 6.04 Å². The van der Waals surface area contributed by atoms with Gasteiger partial charge in [0, 0.05) is 19.8 Å². The third-order valence-corrected chi connectivity index (χ3v) is 5.71. The van der Waals surface area contributed by atoms with Crippen molar-refractivity contribution in [1.82, 2.24) is 4.31 Å². The highest BCUT2D eigenvalue weighted by Gasteiger charge is 2.17. The summed E-state index contributed by atoms with van der Waals surface area (Å²) in [5.41, 5.74) is 6.29. The van der Waals surface area contributed by atoms with Gasteiger partial charge >= 0.3 is 5.97 Å². The Morgan fingerprint density at radius 2 is 2.10 bits per heavy atom. The number of rotatable bonds is 8. The van der Waals surface area contributed by atoms with E-state index in [4.69, 9.17) is 10.8 Å². The Labute approximate surface area is 129 Å². The Hall–Kier alpha value is -1.09. The predicted molar refractivity (Wildman–Crippen MR) is 83.7 cm³/mol. The van der Waals surface area contributed by atoms with Gasteiger partial charge in [-0.25, -0.2) is 12.7 Å². The lowest BCUT2D eigenvalue weighted by Gasteiger charge is -2.12. The molecule has 0 radical (unpaired) electrons. The largest absolute Gasteiger partial charge is 0.480 e. The van der Waals surface area contributed by atoms with E-state index in [9.17, 15) is 13.2 Å². The summed E-state index contributed by atoms with van der Waals surface area (Å²) in [5, 5.41) is 8.67. The fourth-order valence-electron chi connectivity index (χ4n) is 1.53. The van der Waals surface area contributed by atoms with Crippen molar-refractivity contribution in [3.05, 3.63) is 29.8 Å². The molecule has 21 heavy (non-hydrogen) atoms. The third kappa shape index (κ3) is 5.31. The van der Waals surface area contributed by atoms with E-state index in [0.29, 0.717) is 17.9 Å². The molecule has 0 saturated carbocycles. The molecule has 0 heterocycles. The van der Waals surface area contributed by atoms with E-state index in [2.05, 4.69) is 0 Å². The van der Waals surface area contributed by atoms with Gasteiger partial charge in [-0.15, -0.1) is 0 Å². The topological polar surface area (TPSA) is 101 Å². The minimum Gasteiger partial charge on any atom is -0.480 e. The predicted octanol–water partition coefficient (Wildman–Crippen LogP) is 0.972. The molecule has 0 saturated heterocycles. The molecule has 1 unspecified atom stereocenters. The summed E-state index contributed by atoms with van der Waals surface area (Å²) < 4.78 is 25.2. The van der Waals surface area contributed by atoms with E-state index in [-0.39, 0.29) is 4.90 Å². The summed E-state index contributed by atoms with van der Waals surface area (Å²) in [7, 11) is -0.448. The van der Waals surface area contributed by atoms with Gasteiger partial charge in [0.05, 0.1) is 4.90 Å². The van der Waals surface area contributed by atoms with Crippen molar-refractivity contribution in [3.63, 3.8) is 0 Å². The number of carboxylic acid groups (broad SMARTS) is 1. The summed E-state index contributed by atoms with van der Waals surface area (Å²) in [6.45, 7) is 0. The lowest BCUT2D eigenvalue weighted by molar-refractivity contribution is -0.138. The Bertz CT molecular complexity index is 588. The Kier molecular flexibility index (Phi) is 6.66. The molecule has 0 aliphatic heterocycles. The van der Waals surface area contributed by atoms with Crippen LogP contribution in [0.2, 0.25) is 0 Å². The number of thioether (sulfide) groups is 1. The number of hydrogen-bond donors (Lipinski definition) is 2. The summed E-state index contributed by atoms with van der Waals surface area (Å²) in [5.74, 6) is 0.219. The standard InChI is InChI=1S/C13H20N2O4S2/c1-15(2)21(18,19)11-5-3-4-10(8-11)9-20-7-6-12(14)13(16)17/h3-5,8,12H,6-7,9,14H2,1-2H3,(H,16,17). The normalized spacial score (nSPS) is 13.3. The molecule has 0 spiro atoms.